The average Bonchev–Trinajstić information content (AvgIpc) is 3.06. The van der Waals surface area contributed by atoms with Crippen molar-refractivity contribution in [1.29, 1.82) is 0 Å². The highest BCUT2D eigenvalue weighted by atomic mass is 127. The van der Waals surface area contributed by atoms with Gasteiger partial charge in [-0.3, -0.25) is 4.99 Å². The predicted octanol–water partition coefficient (Wildman–Crippen LogP) is 3.07. The lowest BCUT2D eigenvalue weighted by Crippen LogP contribution is -2.39. The first-order valence-electron chi connectivity index (χ1n) is 6.77. The standard InChI is InChI=1S/C14H19IN4S2/c1-10-19-11(9-20-10)5-7-17-14(16-2)18-8-6-12-3-4-13(15)21-12/h3-4,9H,5-8H2,1-2H3,(H2,16,17,18). The van der Waals surface area contributed by atoms with Gasteiger partial charge in [0.1, 0.15) is 0 Å². The summed E-state index contributed by atoms with van der Waals surface area (Å²) in [4.78, 5) is 10.1. The Balaban J connectivity index is 1.66. The number of rotatable bonds is 6. The normalized spacial score (nSPS) is 11.7. The molecule has 2 rings (SSSR count). The number of nitrogens with one attached hydrogen (secondary N) is 2. The summed E-state index contributed by atoms with van der Waals surface area (Å²) in [5.41, 5.74) is 1.15. The molecule has 0 saturated heterocycles. The molecule has 0 radical (unpaired) electrons. The molecule has 0 spiro atoms. The lowest BCUT2D eigenvalue weighted by Gasteiger charge is -2.10. The van der Waals surface area contributed by atoms with Crippen LogP contribution in [0.25, 0.3) is 0 Å². The first-order valence-corrected chi connectivity index (χ1v) is 9.54. The Hall–Kier alpha value is -0.670. The van der Waals surface area contributed by atoms with Crippen LogP contribution in [0.4, 0.5) is 0 Å². The molecule has 0 saturated carbocycles. The molecule has 0 aliphatic carbocycles. The zero-order valence-corrected chi connectivity index (χ0v) is 15.9. The van der Waals surface area contributed by atoms with Crippen LogP contribution in [0.1, 0.15) is 15.6 Å². The van der Waals surface area contributed by atoms with Gasteiger partial charge in [-0.2, -0.15) is 0 Å². The van der Waals surface area contributed by atoms with Crippen LogP contribution in [0.3, 0.4) is 0 Å². The molecule has 114 valence electrons. The van der Waals surface area contributed by atoms with Gasteiger partial charge in [0, 0.05) is 36.8 Å². The van der Waals surface area contributed by atoms with E-state index in [1.54, 1.807) is 18.4 Å². The second kappa shape index (κ2) is 8.70. The van der Waals surface area contributed by atoms with E-state index in [4.69, 9.17) is 0 Å². The van der Waals surface area contributed by atoms with Gasteiger partial charge < -0.3 is 10.6 Å². The number of hydrogen-bond acceptors (Lipinski definition) is 4. The second-order valence-electron chi connectivity index (χ2n) is 4.49. The molecule has 7 heteroatoms. The Labute approximate surface area is 147 Å². The molecule has 2 aromatic rings. The lowest BCUT2D eigenvalue weighted by molar-refractivity contribution is 0.780. The monoisotopic (exact) mass is 434 g/mol. The topological polar surface area (TPSA) is 49.3 Å². The van der Waals surface area contributed by atoms with Crippen LogP contribution in [0.5, 0.6) is 0 Å². The van der Waals surface area contributed by atoms with Gasteiger partial charge in [-0.05, 0) is 48.1 Å². The van der Waals surface area contributed by atoms with E-state index in [0.717, 1.165) is 42.6 Å². The van der Waals surface area contributed by atoms with Crippen molar-refractivity contribution >= 4 is 51.2 Å². The molecule has 2 aromatic heterocycles. The molecule has 4 nitrogen and oxygen atoms in total. The summed E-state index contributed by atoms with van der Waals surface area (Å²) in [5, 5.41) is 9.91. The van der Waals surface area contributed by atoms with E-state index in [9.17, 15) is 0 Å². The van der Waals surface area contributed by atoms with Gasteiger partial charge in [-0.25, -0.2) is 4.98 Å². The minimum absolute atomic E-state index is 0.847. The zero-order valence-electron chi connectivity index (χ0n) is 12.1. The molecule has 21 heavy (non-hydrogen) atoms. The SMILES string of the molecule is CN=C(NCCc1csc(C)n1)NCCc1ccc(I)s1. The number of halogens is 1. The van der Waals surface area contributed by atoms with Crippen molar-refractivity contribution in [3.8, 4) is 0 Å². The summed E-state index contributed by atoms with van der Waals surface area (Å²) < 4.78 is 1.34. The smallest absolute Gasteiger partial charge is 0.191 e. The molecule has 0 unspecified atom stereocenters. The highest BCUT2D eigenvalue weighted by Crippen LogP contribution is 2.18. The van der Waals surface area contributed by atoms with E-state index in [1.807, 2.05) is 18.3 Å². The van der Waals surface area contributed by atoms with Crippen molar-refractivity contribution in [1.82, 2.24) is 15.6 Å². The van der Waals surface area contributed by atoms with Gasteiger partial charge in [0.15, 0.2) is 5.96 Å². The number of thiophene rings is 1. The van der Waals surface area contributed by atoms with E-state index < -0.39 is 0 Å². The molecule has 0 aliphatic rings. The molecule has 0 amide bonds. The Morgan fingerprint density at radius 2 is 2.05 bits per heavy atom. The van der Waals surface area contributed by atoms with Gasteiger partial charge in [-0.1, -0.05) is 0 Å². The van der Waals surface area contributed by atoms with E-state index >= 15 is 0 Å². The molecular weight excluding hydrogens is 415 g/mol. The third kappa shape index (κ3) is 5.91. The van der Waals surface area contributed by atoms with E-state index in [0.29, 0.717) is 0 Å². The predicted molar refractivity (Wildman–Crippen MR) is 101 cm³/mol. The highest BCUT2D eigenvalue weighted by Gasteiger charge is 2.01. The molecule has 0 aromatic carbocycles. The molecule has 0 atom stereocenters. The number of hydrogen-bond donors (Lipinski definition) is 2. The van der Waals surface area contributed by atoms with E-state index in [2.05, 4.69) is 60.7 Å². The molecule has 0 bridgehead atoms. The first kappa shape index (κ1) is 16.7. The number of guanidine groups is 1. The van der Waals surface area contributed by atoms with Crippen molar-refractivity contribution in [2.45, 2.75) is 19.8 Å². The van der Waals surface area contributed by atoms with Crippen molar-refractivity contribution in [2.75, 3.05) is 20.1 Å². The molecule has 2 heterocycles. The highest BCUT2D eigenvalue weighted by molar-refractivity contribution is 14.1. The number of nitrogens with zero attached hydrogens (tertiary/aromatic N) is 2. The summed E-state index contributed by atoms with van der Waals surface area (Å²) in [6.45, 7) is 3.78. The number of aliphatic imine (C=N–C) groups is 1. The minimum Gasteiger partial charge on any atom is -0.356 e. The fourth-order valence-electron chi connectivity index (χ4n) is 1.84. The maximum Gasteiger partial charge on any atom is 0.191 e. The number of aryl methyl sites for hydroxylation is 1. The fraction of sp³-hybridized carbons (Fsp3) is 0.429. The van der Waals surface area contributed by atoms with Crippen molar-refractivity contribution in [3.63, 3.8) is 0 Å². The zero-order chi connectivity index (χ0) is 15.1. The number of thiazole rings is 1. The van der Waals surface area contributed by atoms with E-state index in [1.165, 1.54) is 7.76 Å². The Kier molecular flexibility index (Phi) is 6.91. The first-order chi connectivity index (χ1) is 10.2. The summed E-state index contributed by atoms with van der Waals surface area (Å²) in [6.07, 6.45) is 1.95. The molecule has 0 aliphatic heterocycles. The second-order valence-corrected chi connectivity index (χ2v) is 8.61. The van der Waals surface area contributed by atoms with Crippen molar-refractivity contribution in [2.24, 2.45) is 4.99 Å². The maximum absolute atomic E-state index is 4.46. The fourth-order valence-corrected chi connectivity index (χ4v) is 4.25. The van der Waals surface area contributed by atoms with E-state index in [-0.39, 0.29) is 0 Å². The number of aromatic nitrogens is 1. The third-order valence-corrected chi connectivity index (χ3v) is 5.63. The minimum atomic E-state index is 0.847. The summed E-state index contributed by atoms with van der Waals surface area (Å²) >= 11 is 5.90. The van der Waals surface area contributed by atoms with Gasteiger partial charge in [0.05, 0.1) is 13.6 Å². The summed E-state index contributed by atoms with van der Waals surface area (Å²) in [7, 11) is 1.80. The Morgan fingerprint density at radius 1 is 1.29 bits per heavy atom. The van der Waals surface area contributed by atoms with Crippen molar-refractivity contribution < 1.29 is 0 Å². The Bertz CT molecular complexity index is 543. The lowest BCUT2D eigenvalue weighted by atomic mass is 10.3. The van der Waals surface area contributed by atoms with Gasteiger partial charge in [-0.15, -0.1) is 22.7 Å². The van der Waals surface area contributed by atoms with Gasteiger partial charge >= 0.3 is 0 Å². The Morgan fingerprint density at radius 3 is 2.62 bits per heavy atom. The van der Waals surface area contributed by atoms with Crippen LogP contribution in [-0.4, -0.2) is 31.1 Å². The molecule has 0 fully saturated rings. The quantitative estimate of drug-likeness (QED) is 0.418. The largest absolute Gasteiger partial charge is 0.356 e. The third-order valence-electron chi connectivity index (χ3n) is 2.86. The van der Waals surface area contributed by atoms with Crippen LogP contribution in [0, 0.1) is 9.81 Å². The van der Waals surface area contributed by atoms with Crippen molar-refractivity contribution in [3.05, 3.63) is 36.0 Å². The average molecular weight is 434 g/mol. The summed E-state index contributed by atoms with van der Waals surface area (Å²) in [5.74, 6) is 0.855. The van der Waals surface area contributed by atoms with Crippen LogP contribution < -0.4 is 10.6 Å². The van der Waals surface area contributed by atoms with Crippen LogP contribution in [0.15, 0.2) is 22.5 Å². The van der Waals surface area contributed by atoms with Gasteiger partial charge in [0.2, 0.25) is 0 Å². The summed E-state index contributed by atoms with van der Waals surface area (Å²) in [6, 6.07) is 4.35. The maximum atomic E-state index is 4.46. The van der Waals surface area contributed by atoms with Crippen LogP contribution >= 0.6 is 45.3 Å². The van der Waals surface area contributed by atoms with Crippen LogP contribution in [-0.2, 0) is 12.8 Å². The van der Waals surface area contributed by atoms with Gasteiger partial charge in [0.25, 0.3) is 0 Å². The molecular formula is C14H19IN4S2. The van der Waals surface area contributed by atoms with Crippen LogP contribution in [0.2, 0.25) is 0 Å². The molecule has 2 N–H and O–H groups in total.